The summed E-state index contributed by atoms with van der Waals surface area (Å²) < 4.78 is 0. The summed E-state index contributed by atoms with van der Waals surface area (Å²) in [5.74, 6) is 0.143. The minimum absolute atomic E-state index is 0.143. The Balaban J connectivity index is 2.03. The highest BCUT2D eigenvalue weighted by atomic mass is 31.1. The molecule has 104 valence electrons. The molecule has 1 unspecified atom stereocenters. The highest BCUT2D eigenvalue weighted by molar-refractivity contribution is 7.74. The fourth-order valence-corrected chi connectivity index (χ4v) is 5.10. The van der Waals surface area contributed by atoms with Crippen LogP contribution in [0.5, 0.6) is 0 Å². The SMILES string of the molecule is CC(=O)C1=CC(P(c2ccccc2)c2ccccc2)C=C1. The zero-order chi connectivity index (χ0) is 14.7. The largest absolute Gasteiger partial charge is 0.295 e. The Bertz CT molecular complexity index is 647. The van der Waals surface area contributed by atoms with Crippen LogP contribution in [-0.4, -0.2) is 11.4 Å². The molecule has 1 nitrogen and oxygen atoms in total. The molecule has 0 fully saturated rings. The van der Waals surface area contributed by atoms with Gasteiger partial charge in [-0.2, -0.15) is 0 Å². The number of carbonyl (C=O) groups excluding carboxylic acids is 1. The molecule has 0 amide bonds. The van der Waals surface area contributed by atoms with E-state index in [9.17, 15) is 4.79 Å². The molecule has 2 aromatic carbocycles. The van der Waals surface area contributed by atoms with Crippen LogP contribution < -0.4 is 10.6 Å². The minimum Gasteiger partial charge on any atom is -0.295 e. The van der Waals surface area contributed by atoms with Gasteiger partial charge in [0, 0.05) is 11.2 Å². The zero-order valence-electron chi connectivity index (χ0n) is 11.9. The molecule has 0 aromatic heterocycles. The van der Waals surface area contributed by atoms with E-state index in [2.05, 4.69) is 60.7 Å². The molecule has 3 rings (SSSR count). The van der Waals surface area contributed by atoms with Crippen molar-refractivity contribution >= 4 is 24.3 Å². The lowest BCUT2D eigenvalue weighted by atomic mass is 10.2. The smallest absolute Gasteiger partial charge is 0.159 e. The quantitative estimate of drug-likeness (QED) is 0.787. The predicted molar refractivity (Wildman–Crippen MR) is 90.8 cm³/mol. The Labute approximate surface area is 126 Å². The fraction of sp³-hybridized carbons (Fsp3) is 0.105. The van der Waals surface area contributed by atoms with Crippen molar-refractivity contribution in [2.45, 2.75) is 12.6 Å². The Morgan fingerprint density at radius 1 is 0.905 bits per heavy atom. The first-order valence-electron chi connectivity index (χ1n) is 7.06. The predicted octanol–water partition coefficient (Wildman–Crippen LogP) is 3.57. The molecule has 1 atom stereocenters. The molecular formula is C19H17OP. The van der Waals surface area contributed by atoms with Gasteiger partial charge < -0.3 is 0 Å². The summed E-state index contributed by atoms with van der Waals surface area (Å²) in [7, 11) is -0.519. The van der Waals surface area contributed by atoms with Gasteiger partial charge in [0.15, 0.2) is 5.78 Å². The van der Waals surface area contributed by atoms with Crippen LogP contribution in [0.1, 0.15) is 6.92 Å². The van der Waals surface area contributed by atoms with Gasteiger partial charge >= 0.3 is 0 Å². The van der Waals surface area contributed by atoms with Crippen LogP contribution in [0.4, 0.5) is 0 Å². The Kier molecular flexibility index (Phi) is 4.13. The van der Waals surface area contributed by atoms with Gasteiger partial charge in [0.1, 0.15) is 0 Å². The van der Waals surface area contributed by atoms with E-state index in [0.29, 0.717) is 5.66 Å². The van der Waals surface area contributed by atoms with Gasteiger partial charge in [-0.05, 0) is 25.5 Å². The van der Waals surface area contributed by atoms with E-state index in [0.717, 1.165) is 5.57 Å². The molecule has 21 heavy (non-hydrogen) atoms. The molecule has 2 heteroatoms. The van der Waals surface area contributed by atoms with Gasteiger partial charge in [0.25, 0.3) is 0 Å². The molecule has 0 saturated heterocycles. The lowest BCUT2D eigenvalue weighted by Crippen LogP contribution is -2.18. The second-order valence-corrected chi connectivity index (χ2v) is 7.44. The van der Waals surface area contributed by atoms with Crippen LogP contribution in [0.15, 0.2) is 84.5 Å². The average Bonchev–Trinajstić information content (AvgIpc) is 3.00. The molecule has 1 aliphatic rings. The Morgan fingerprint density at radius 3 is 1.86 bits per heavy atom. The van der Waals surface area contributed by atoms with Crippen molar-refractivity contribution in [3.05, 3.63) is 84.5 Å². The number of hydrogen-bond donors (Lipinski definition) is 0. The Morgan fingerprint density at radius 2 is 1.43 bits per heavy atom. The number of allylic oxidation sites excluding steroid dienone is 4. The minimum atomic E-state index is -0.519. The van der Waals surface area contributed by atoms with E-state index < -0.39 is 7.92 Å². The molecule has 0 N–H and O–H groups in total. The molecule has 1 aliphatic carbocycles. The highest BCUT2D eigenvalue weighted by Crippen LogP contribution is 2.43. The van der Waals surface area contributed by atoms with Crippen molar-refractivity contribution < 1.29 is 4.79 Å². The van der Waals surface area contributed by atoms with Crippen LogP contribution in [0.2, 0.25) is 0 Å². The first-order valence-corrected chi connectivity index (χ1v) is 8.47. The van der Waals surface area contributed by atoms with E-state index in [4.69, 9.17) is 0 Å². The van der Waals surface area contributed by atoms with E-state index in [-0.39, 0.29) is 5.78 Å². The second kappa shape index (κ2) is 6.20. The van der Waals surface area contributed by atoms with Gasteiger partial charge in [-0.15, -0.1) is 0 Å². The van der Waals surface area contributed by atoms with Crippen LogP contribution in [0.3, 0.4) is 0 Å². The zero-order valence-corrected chi connectivity index (χ0v) is 12.8. The van der Waals surface area contributed by atoms with E-state index in [1.165, 1.54) is 10.6 Å². The third-order valence-corrected chi connectivity index (χ3v) is 6.22. The van der Waals surface area contributed by atoms with Crippen molar-refractivity contribution in [2.24, 2.45) is 0 Å². The maximum atomic E-state index is 11.6. The third kappa shape index (κ3) is 3.04. The van der Waals surface area contributed by atoms with Crippen LogP contribution in [0, 0.1) is 0 Å². The topological polar surface area (TPSA) is 17.1 Å². The van der Waals surface area contributed by atoms with Crippen molar-refractivity contribution in [1.29, 1.82) is 0 Å². The summed E-state index contributed by atoms with van der Waals surface area (Å²) >= 11 is 0. The number of carbonyl (C=O) groups is 1. The normalized spacial score (nSPS) is 17.0. The summed E-state index contributed by atoms with van der Waals surface area (Å²) in [5.41, 5.74) is 1.13. The lowest BCUT2D eigenvalue weighted by Gasteiger charge is -2.22. The van der Waals surface area contributed by atoms with E-state index in [1.54, 1.807) is 6.92 Å². The van der Waals surface area contributed by atoms with Crippen LogP contribution in [0.25, 0.3) is 0 Å². The third-order valence-electron chi connectivity index (χ3n) is 3.60. The van der Waals surface area contributed by atoms with Crippen LogP contribution in [-0.2, 0) is 4.79 Å². The van der Waals surface area contributed by atoms with Crippen LogP contribution >= 0.6 is 7.92 Å². The summed E-state index contributed by atoms with van der Waals surface area (Å²) in [6.45, 7) is 1.63. The second-order valence-electron chi connectivity index (χ2n) is 5.07. The van der Waals surface area contributed by atoms with Crippen molar-refractivity contribution in [1.82, 2.24) is 0 Å². The number of hydrogen-bond acceptors (Lipinski definition) is 1. The van der Waals surface area contributed by atoms with Gasteiger partial charge in [-0.1, -0.05) is 78.9 Å². The molecular weight excluding hydrogens is 275 g/mol. The number of ketones is 1. The summed E-state index contributed by atoms with van der Waals surface area (Å²) in [4.78, 5) is 11.6. The first-order chi connectivity index (χ1) is 10.3. The molecule has 0 spiro atoms. The highest BCUT2D eigenvalue weighted by Gasteiger charge is 2.24. The standard InChI is InChI=1S/C19H17OP/c1-15(20)16-12-13-19(14-16)21(17-8-4-2-5-9-17)18-10-6-3-7-11-18/h2-14,19H,1H3. The average molecular weight is 292 g/mol. The molecule has 0 heterocycles. The Hall–Kier alpha value is -1.98. The maximum absolute atomic E-state index is 11.6. The first kappa shape index (κ1) is 14.0. The van der Waals surface area contributed by atoms with Gasteiger partial charge in [0.05, 0.1) is 0 Å². The fourth-order valence-electron chi connectivity index (χ4n) is 2.56. The van der Waals surface area contributed by atoms with Gasteiger partial charge in [-0.3, -0.25) is 4.79 Å². The van der Waals surface area contributed by atoms with Crippen molar-refractivity contribution in [3.63, 3.8) is 0 Å². The van der Waals surface area contributed by atoms with Crippen molar-refractivity contribution in [3.8, 4) is 0 Å². The van der Waals surface area contributed by atoms with Gasteiger partial charge in [0.2, 0.25) is 0 Å². The van der Waals surface area contributed by atoms with E-state index >= 15 is 0 Å². The summed E-state index contributed by atoms with van der Waals surface area (Å²) in [6, 6.07) is 21.2. The molecule has 0 aliphatic heterocycles. The number of rotatable bonds is 4. The van der Waals surface area contributed by atoms with Gasteiger partial charge in [-0.25, -0.2) is 0 Å². The molecule has 2 aromatic rings. The number of benzene rings is 2. The molecule has 0 radical (unpaired) electrons. The van der Waals surface area contributed by atoms with Crippen molar-refractivity contribution in [2.75, 3.05) is 0 Å². The number of Topliss-reactive ketones (excluding diaryl/α,β-unsaturated/α-hetero) is 1. The summed E-state index contributed by atoms with van der Waals surface area (Å²) in [5, 5.41) is 2.68. The monoisotopic (exact) mass is 292 g/mol. The maximum Gasteiger partial charge on any atom is 0.159 e. The lowest BCUT2D eigenvalue weighted by molar-refractivity contribution is -0.113. The van der Waals surface area contributed by atoms with E-state index in [1.807, 2.05) is 18.2 Å². The molecule has 0 bridgehead atoms. The summed E-state index contributed by atoms with van der Waals surface area (Å²) in [6.07, 6.45) is 6.25. The molecule has 0 saturated carbocycles.